The molecule has 1 amide bonds. The predicted octanol–water partition coefficient (Wildman–Crippen LogP) is 1.75. The summed E-state index contributed by atoms with van der Waals surface area (Å²) in [6.45, 7) is 3.35. The smallest absolute Gasteiger partial charge is 0.238 e. The lowest BCUT2D eigenvalue weighted by Gasteiger charge is -2.10. The van der Waals surface area contributed by atoms with Gasteiger partial charge in [-0.25, -0.2) is 13.6 Å². The van der Waals surface area contributed by atoms with Crippen LogP contribution in [-0.2, 0) is 14.8 Å². The van der Waals surface area contributed by atoms with Crippen LogP contribution >= 0.6 is 15.9 Å². The molecule has 0 atom stereocenters. The Kier molecular flexibility index (Phi) is 4.29. The van der Waals surface area contributed by atoms with Crippen LogP contribution in [0.1, 0.15) is 18.9 Å². The van der Waals surface area contributed by atoms with Crippen molar-refractivity contribution in [3.63, 3.8) is 0 Å². The van der Waals surface area contributed by atoms with E-state index in [1.165, 1.54) is 6.07 Å². The summed E-state index contributed by atoms with van der Waals surface area (Å²) in [6.07, 6.45) is 0.350. The molecule has 0 saturated carbocycles. The van der Waals surface area contributed by atoms with Crippen molar-refractivity contribution in [2.45, 2.75) is 25.2 Å². The molecule has 0 saturated heterocycles. The number of hydrogen-bond acceptors (Lipinski definition) is 3. The Morgan fingerprint density at radius 3 is 2.53 bits per heavy atom. The van der Waals surface area contributed by atoms with Gasteiger partial charge in [0, 0.05) is 10.9 Å². The molecule has 1 rings (SSSR count). The van der Waals surface area contributed by atoms with E-state index in [2.05, 4.69) is 21.2 Å². The first-order valence-electron chi connectivity index (χ1n) is 4.88. The van der Waals surface area contributed by atoms with Gasteiger partial charge in [0.1, 0.15) is 0 Å². The number of sulfonamides is 1. The Labute approximate surface area is 109 Å². The lowest BCUT2D eigenvalue weighted by molar-refractivity contribution is -0.115. The Balaban J connectivity index is 3.24. The zero-order chi connectivity index (χ0) is 13.2. The fourth-order valence-corrected chi connectivity index (χ4v) is 2.69. The Morgan fingerprint density at radius 1 is 1.47 bits per heavy atom. The minimum atomic E-state index is -3.75. The van der Waals surface area contributed by atoms with Crippen molar-refractivity contribution in [1.29, 1.82) is 0 Å². The quantitative estimate of drug-likeness (QED) is 0.889. The summed E-state index contributed by atoms with van der Waals surface area (Å²) in [5.74, 6) is -0.145. The average molecular weight is 321 g/mol. The molecule has 0 heterocycles. The first kappa shape index (κ1) is 14.1. The number of rotatable bonds is 3. The van der Waals surface area contributed by atoms with Gasteiger partial charge in [-0.1, -0.05) is 6.92 Å². The molecule has 0 unspecified atom stereocenters. The van der Waals surface area contributed by atoms with E-state index in [1.54, 1.807) is 19.9 Å². The third kappa shape index (κ3) is 3.52. The fraction of sp³-hybridized carbons (Fsp3) is 0.300. The minimum absolute atomic E-state index is 0.0406. The van der Waals surface area contributed by atoms with Crippen LogP contribution in [0.25, 0.3) is 0 Å². The summed E-state index contributed by atoms with van der Waals surface area (Å²) in [7, 11) is -3.75. The second kappa shape index (κ2) is 5.16. The highest BCUT2D eigenvalue weighted by molar-refractivity contribution is 9.10. The monoisotopic (exact) mass is 320 g/mol. The number of halogens is 1. The number of nitrogens with two attached hydrogens (primary N) is 1. The van der Waals surface area contributed by atoms with Crippen LogP contribution in [0, 0.1) is 6.92 Å². The molecule has 7 heteroatoms. The third-order valence-corrected chi connectivity index (χ3v) is 3.88. The molecule has 5 nitrogen and oxygen atoms in total. The molecular weight excluding hydrogens is 308 g/mol. The van der Waals surface area contributed by atoms with Crippen LogP contribution < -0.4 is 10.5 Å². The van der Waals surface area contributed by atoms with Gasteiger partial charge in [-0.3, -0.25) is 4.79 Å². The molecular formula is C10H13BrN2O3S. The van der Waals surface area contributed by atoms with Gasteiger partial charge in [-0.05, 0) is 40.5 Å². The minimum Gasteiger partial charge on any atom is -0.325 e. The number of carbonyl (C=O) groups excluding carboxylic acids is 1. The highest BCUT2D eigenvalue weighted by Crippen LogP contribution is 2.28. The van der Waals surface area contributed by atoms with Gasteiger partial charge in [0.15, 0.2) is 0 Å². The Morgan fingerprint density at radius 2 is 2.06 bits per heavy atom. The number of carbonyl (C=O) groups is 1. The van der Waals surface area contributed by atoms with E-state index in [0.717, 1.165) is 0 Å². The van der Waals surface area contributed by atoms with Crippen molar-refractivity contribution >= 4 is 37.5 Å². The van der Waals surface area contributed by atoms with Crippen LogP contribution in [0.4, 0.5) is 5.69 Å². The Bertz CT molecular complexity index is 555. The summed E-state index contributed by atoms with van der Waals surface area (Å²) in [6, 6.07) is 2.95. The van der Waals surface area contributed by atoms with E-state index in [-0.39, 0.29) is 10.8 Å². The molecule has 0 radical (unpaired) electrons. The molecule has 0 aliphatic carbocycles. The molecule has 0 spiro atoms. The van der Waals surface area contributed by atoms with Crippen molar-refractivity contribution in [3.05, 3.63) is 22.2 Å². The molecule has 0 bridgehead atoms. The normalized spacial score (nSPS) is 11.3. The van der Waals surface area contributed by atoms with Gasteiger partial charge in [-0.2, -0.15) is 0 Å². The van der Waals surface area contributed by atoms with Crippen molar-refractivity contribution in [3.8, 4) is 0 Å². The molecule has 0 fully saturated rings. The van der Waals surface area contributed by atoms with Gasteiger partial charge >= 0.3 is 0 Å². The van der Waals surface area contributed by atoms with Crippen molar-refractivity contribution < 1.29 is 13.2 Å². The predicted molar refractivity (Wildman–Crippen MR) is 69.2 cm³/mol. The van der Waals surface area contributed by atoms with E-state index >= 15 is 0 Å². The number of benzene rings is 1. The topological polar surface area (TPSA) is 89.3 Å². The number of primary sulfonamides is 1. The van der Waals surface area contributed by atoms with Gasteiger partial charge in [-0.15, -0.1) is 0 Å². The number of anilines is 1. The summed E-state index contributed by atoms with van der Waals surface area (Å²) in [5, 5.41) is 7.73. The lowest BCUT2D eigenvalue weighted by Crippen LogP contribution is -2.15. The van der Waals surface area contributed by atoms with Gasteiger partial charge in [0.05, 0.1) is 10.6 Å². The molecule has 3 N–H and O–H groups in total. The molecule has 1 aromatic carbocycles. The van der Waals surface area contributed by atoms with Crippen molar-refractivity contribution in [2.75, 3.05) is 5.32 Å². The molecule has 0 aliphatic rings. The molecule has 0 aliphatic heterocycles. The summed E-state index contributed by atoms with van der Waals surface area (Å²) >= 11 is 3.20. The lowest BCUT2D eigenvalue weighted by atomic mass is 10.2. The summed E-state index contributed by atoms with van der Waals surface area (Å²) in [4.78, 5) is 11.3. The van der Waals surface area contributed by atoms with Gasteiger partial charge in [0.2, 0.25) is 15.9 Å². The largest absolute Gasteiger partial charge is 0.325 e. The van der Waals surface area contributed by atoms with Gasteiger partial charge in [0.25, 0.3) is 0 Å². The van der Waals surface area contributed by atoms with E-state index in [9.17, 15) is 13.2 Å². The maximum Gasteiger partial charge on any atom is 0.238 e. The first-order valence-corrected chi connectivity index (χ1v) is 7.22. The van der Waals surface area contributed by atoms with Crippen molar-refractivity contribution in [1.82, 2.24) is 0 Å². The van der Waals surface area contributed by atoms with Crippen LogP contribution in [0.3, 0.4) is 0 Å². The first-order chi connectivity index (χ1) is 7.75. The zero-order valence-corrected chi connectivity index (χ0v) is 11.9. The van der Waals surface area contributed by atoms with Crippen LogP contribution in [-0.4, -0.2) is 14.3 Å². The third-order valence-electron chi connectivity index (χ3n) is 2.17. The fourth-order valence-electron chi connectivity index (χ4n) is 1.30. The van der Waals surface area contributed by atoms with Crippen LogP contribution in [0.5, 0.6) is 0 Å². The maximum absolute atomic E-state index is 11.3. The van der Waals surface area contributed by atoms with Crippen molar-refractivity contribution in [2.24, 2.45) is 5.14 Å². The number of aryl methyl sites for hydroxylation is 1. The molecule has 94 valence electrons. The SMILES string of the molecule is CCC(=O)Nc1cc(C)c(S(N)(=O)=O)cc1Br. The number of amides is 1. The standard InChI is InChI=1S/C10H13BrN2O3S/c1-3-10(14)13-8-4-6(2)9(5-7(8)11)17(12,15)16/h4-5H,3H2,1-2H3,(H,13,14)(H2,12,15,16). The second-order valence-corrected chi connectivity index (χ2v) is 5.93. The van der Waals surface area contributed by atoms with Crippen LogP contribution in [0.15, 0.2) is 21.5 Å². The zero-order valence-electron chi connectivity index (χ0n) is 9.45. The Hall–Kier alpha value is -0.920. The summed E-state index contributed by atoms with van der Waals surface area (Å²) < 4.78 is 23.0. The highest BCUT2D eigenvalue weighted by Gasteiger charge is 2.15. The molecule has 17 heavy (non-hydrogen) atoms. The second-order valence-electron chi connectivity index (χ2n) is 3.54. The molecule has 1 aromatic rings. The molecule has 0 aromatic heterocycles. The van der Waals surface area contributed by atoms with E-state index in [0.29, 0.717) is 22.1 Å². The van der Waals surface area contributed by atoms with Crippen LogP contribution in [0.2, 0.25) is 0 Å². The highest BCUT2D eigenvalue weighted by atomic mass is 79.9. The average Bonchev–Trinajstić information content (AvgIpc) is 2.21. The van der Waals surface area contributed by atoms with E-state index in [1.807, 2.05) is 0 Å². The van der Waals surface area contributed by atoms with E-state index < -0.39 is 10.0 Å². The van der Waals surface area contributed by atoms with Gasteiger partial charge < -0.3 is 5.32 Å². The summed E-state index contributed by atoms with van der Waals surface area (Å²) in [5.41, 5.74) is 1.02. The van der Waals surface area contributed by atoms with E-state index in [4.69, 9.17) is 5.14 Å². The maximum atomic E-state index is 11.3. The number of hydrogen-bond donors (Lipinski definition) is 2. The number of nitrogens with one attached hydrogen (secondary N) is 1.